The third-order valence-electron chi connectivity index (χ3n) is 19.1. The number of amides is 1. The van der Waals surface area contributed by atoms with Gasteiger partial charge in [0.1, 0.15) is 38.0 Å². The lowest BCUT2D eigenvalue weighted by Crippen LogP contribution is -2.31. The minimum atomic E-state index is -0.859. The number of aromatic nitrogens is 3. The van der Waals surface area contributed by atoms with Gasteiger partial charge in [0, 0.05) is 99.9 Å². The van der Waals surface area contributed by atoms with Crippen LogP contribution in [0.25, 0.3) is 10.4 Å². The molecule has 24 heteroatoms. The maximum atomic E-state index is 12.7. The highest BCUT2D eigenvalue weighted by Crippen LogP contribution is 2.19. The van der Waals surface area contributed by atoms with E-state index in [4.69, 9.17) is 40.4 Å². The van der Waals surface area contributed by atoms with Gasteiger partial charge in [-0.05, 0) is 49.6 Å². The molecule has 1 aromatic heterocycles. The van der Waals surface area contributed by atoms with Crippen LogP contribution in [-0.2, 0) is 84.5 Å². The van der Waals surface area contributed by atoms with Gasteiger partial charge in [-0.25, -0.2) is 0 Å². The molecule has 0 spiro atoms. The first-order chi connectivity index (χ1) is 54.6. The molecule has 0 aliphatic rings. The molecule has 0 aliphatic heterocycles. The van der Waals surface area contributed by atoms with Crippen LogP contribution in [0, 0.1) is 12.3 Å². The van der Waals surface area contributed by atoms with Gasteiger partial charge in [0.05, 0.1) is 25.1 Å². The summed E-state index contributed by atoms with van der Waals surface area (Å²) in [4.78, 5) is 111. The summed E-state index contributed by atoms with van der Waals surface area (Å²) in [5, 5.41) is 14.3. The number of ether oxygens (including phenoxy) is 6. The normalized spacial score (nSPS) is 11.3. The van der Waals surface area contributed by atoms with Crippen LogP contribution in [-0.4, -0.2) is 144 Å². The number of unbranched alkanes of at least 4 members (excludes halogenated alkanes) is 40. The number of nitrogens with zero attached hydrogens (tertiary/aromatic N) is 6. The Bertz CT molecular complexity index is 2550. The number of carbonyl (C=O) groups excluding carboxylic acids is 9. The number of ketones is 2. The molecule has 2 unspecified atom stereocenters. The zero-order chi connectivity index (χ0) is 82.5. The molecule has 2 atom stereocenters. The number of esters is 6. The van der Waals surface area contributed by atoms with Crippen LogP contribution in [0.1, 0.15) is 400 Å². The number of Topliss-reactive ketones (excluding diaryl/α,β-unsaturated/α-hetero) is 2. The van der Waals surface area contributed by atoms with Gasteiger partial charge >= 0.3 is 35.8 Å². The average molecular weight is 1620 g/mol. The zero-order valence-electron chi connectivity index (χ0n) is 71.3. The van der Waals surface area contributed by atoms with Crippen LogP contribution in [0.15, 0.2) is 11.3 Å². The van der Waals surface area contributed by atoms with Gasteiger partial charge < -0.3 is 33.7 Å². The van der Waals surface area contributed by atoms with Crippen LogP contribution in [0.5, 0.6) is 0 Å². The molecule has 0 saturated heterocycles. The SMILES string of the molecule is C#CCCC(=O)CCSCCNC(=O)CC.CCCCCCCCCCCCCC(=O)OCC(COC(=O)CCN=[N+]=[N-])OC(=O)CCCCCCCCCCCCC.CCCCCCCCCCCCCC(=O)OCC(COC(=O)CCn1cc(CCC(=O)CCSC)nn1)OC(=O)CCCCCCCCCCCCC. The fourth-order valence-corrected chi connectivity index (χ4v) is 13.3. The van der Waals surface area contributed by atoms with Crippen molar-refractivity contribution in [3.05, 3.63) is 22.3 Å². The number of hydrogen-bond acceptors (Lipinski definition) is 20. The first-order valence-electron chi connectivity index (χ1n) is 44.3. The van der Waals surface area contributed by atoms with Crippen molar-refractivity contribution in [1.82, 2.24) is 20.3 Å². The summed E-state index contributed by atoms with van der Waals surface area (Å²) in [7, 11) is 0. The lowest BCUT2D eigenvalue weighted by Gasteiger charge is -2.18. The van der Waals surface area contributed by atoms with E-state index in [0.717, 1.165) is 94.3 Å². The predicted octanol–water partition coefficient (Wildman–Crippen LogP) is 22.0. The Morgan fingerprint density at radius 2 is 0.786 bits per heavy atom. The van der Waals surface area contributed by atoms with Gasteiger partial charge in [0.2, 0.25) is 5.91 Å². The largest absolute Gasteiger partial charge is 0.462 e. The smallest absolute Gasteiger partial charge is 0.307 e. The number of hydrogen-bond donors (Lipinski definition) is 1. The quantitative estimate of drug-likeness (QED) is 0.0120. The predicted molar refractivity (Wildman–Crippen MR) is 456 cm³/mol. The van der Waals surface area contributed by atoms with Crippen molar-refractivity contribution in [2.45, 2.75) is 419 Å². The Kier molecular flexibility index (Phi) is 83.4. The molecule has 0 aliphatic carbocycles. The third kappa shape index (κ3) is 80.9. The van der Waals surface area contributed by atoms with E-state index < -0.39 is 24.1 Å². The maximum Gasteiger partial charge on any atom is 0.307 e. The molecule has 1 N–H and O–H groups in total. The number of carbonyl (C=O) groups is 9. The van der Waals surface area contributed by atoms with Gasteiger partial charge in [-0.15, -0.1) is 17.4 Å². The van der Waals surface area contributed by atoms with Crippen molar-refractivity contribution < 1.29 is 71.6 Å². The minimum absolute atomic E-state index is 0.00735. The second kappa shape index (κ2) is 86.2. The average Bonchev–Trinajstić information content (AvgIpc) is 1.76. The number of aryl methyl sites for hydroxylation is 2. The van der Waals surface area contributed by atoms with Crippen molar-refractivity contribution in [1.29, 1.82) is 0 Å². The Balaban J connectivity index is 0. The van der Waals surface area contributed by atoms with E-state index in [9.17, 15) is 43.2 Å². The van der Waals surface area contributed by atoms with E-state index in [2.05, 4.69) is 59.3 Å². The third-order valence-corrected chi connectivity index (χ3v) is 20.7. The second-order valence-corrected chi connectivity index (χ2v) is 31.8. The fraction of sp³-hybridized carbons (Fsp3) is 0.852. The van der Waals surface area contributed by atoms with Crippen molar-refractivity contribution in [2.24, 2.45) is 5.11 Å². The first-order valence-corrected chi connectivity index (χ1v) is 46.9. The van der Waals surface area contributed by atoms with E-state index in [1.54, 1.807) is 34.4 Å². The Morgan fingerprint density at radius 1 is 0.446 bits per heavy atom. The monoisotopic (exact) mass is 1620 g/mol. The van der Waals surface area contributed by atoms with Crippen LogP contribution in [0.2, 0.25) is 0 Å². The molecule has 0 fully saturated rings. The summed E-state index contributed by atoms with van der Waals surface area (Å²) in [6.07, 6.45) is 64.6. The van der Waals surface area contributed by atoms with E-state index in [0.29, 0.717) is 70.0 Å². The first kappa shape index (κ1) is 108. The molecule has 0 radical (unpaired) electrons. The molecule has 112 heavy (non-hydrogen) atoms. The number of terminal acetylenes is 1. The highest BCUT2D eigenvalue weighted by Gasteiger charge is 2.22. The van der Waals surface area contributed by atoms with Crippen LogP contribution >= 0.6 is 23.5 Å². The van der Waals surface area contributed by atoms with Gasteiger partial charge in [-0.2, -0.15) is 23.5 Å². The highest BCUT2D eigenvalue weighted by molar-refractivity contribution is 7.99. The molecule has 0 bridgehead atoms. The van der Waals surface area contributed by atoms with E-state index in [1.165, 1.54) is 205 Å². The molecule has 0 aromatic carbocycles. The molecular formula is C88H157N7O15S2. The molecule has 646 valence electrons. The molecule has 1 amide bonds. The summed E-state index contributed by atoms with van der Waals surface area (Å²) in [6, 6.07) is 0. The molecule has 22 nitrogen and oxygen atoms in total. The van der Waals surface area contributed by atoms with Crippen molar-refractivity contribution in [2.75, 3.05) is 63.0 Å². The number of thioether (sulfide) groups is 2. The summed E-state index contributed by atoms with van der Waals surface area (Å²) in [5.74, 6) is 2.98. The van der Waals surface area contributed by atoms with E-state index in [1.807, 2.05) is 13.2 Å². The van der Waals surface area contributed by atoms with Gasteiger partial charge in [-0.1, -0.05) is 302 Å². The maximum absolute atomic E-state index is 12.7. The van der Waals surface area contributed by atoms with Crippen molar-refractivity contribution in [3.8, 4) is 12.3 Å². The Morgan fingerprint density at radius 3 is 1.14 bits per heavy atom. The molecule has 1 heterocycles. The van der Waals surface area contributed by atoms with E-state index >= 15 is 0 Å². The topological polar surface area (TPSA) is 301 Å². The lowest BCUT2D eigenvalue weighted by atomic mass is 10.1. The van der Waals surface area contributed by atoms with Crippen molar-refractivity contribution in [3.63, 3.8) is 0 Å². The van der Waals surface area contributed by atoms with Gasteiger partial charge in [0.15, 0.2) is 12.2 Å². The molecule has 1 aromatic rings. The summed E-state index contributed by atoms with van der Waals surface area (Å²) in [5.41, 5.74) is 9.06. The van der Waals surface area contributed by atoms with Crippen LogP contribution in [0.4, 0.5) is 0 Å². The summed E-state index contributed by atoms with van der Waals surface area (Å²) >= 11 is 3.33. The summed E-state index contributed by atoms with van der Waals surface area (Å²) < 4.78 is 34.2. The molecular weight excluding hydrogens is 1460 g/mol. The number of rotatable bonds is 79. The van der Waals surface area contributed by atoms with Crippen LogP contribution in [0.3, 0.4) is 0 Å². The Labute approximate surface area is 687 Å². The van der Waals surface area contributed by atoms with Crippen LogP contribution < -0.4 is 5.32 Å². The lowest BCUT2D eigenvalue weighted by molar-refractivity contribution is -0.167. The standard InChI is InChI=1S/C42H75N3O7S.C34H63N3O6.C12H19NO2S/c1-4-6-8-10-12-14-16-18-20-22-24-26-40(47)50-35-39(52-42(49)27-25-23-21-19-17-15-13-11-9-7-5-2)36-51-41(48)30-32-45-34-37(43-44-45)28-29-38(46)31-33-53-3;1-3-5-7-9-11-13-15-17-19-21-23-25-32(38)41-29-31(30-42-33(39)27-28-36-37-35)43-34(40)26-24-22-20-18-16-14-12-10-8-6-4-2;1-3-5-6-11(14)7-9-16-10-8-13-12(15)4-2/h34,39H,4-33,35-36H2,1-3H3;31H,3-30H2,1-2H3;1H,4-10H2,2H3,(H,13,15). The Hall–Kier alpha value is -5.66. The molecule has 1 rings (SSSR count). The van der Waals surface area contributed by atoms with Crippen molar-refractivity contribution >= 4 is 76.8 Å². The van der Waals surface area contributed by atoms with E-state index in [-0.39, 0.29) is 107 Å². The second-order valence-electron chi connectivity index (χ2n) is 29.6. The number of nitrogens with one attached hydrogen (secondary N) is 1. The number of azide groups is 1. The van der Waals surface area contributed by atoms with Gasteiger partial charge in [0.25, 0.3) is 0 Å². The fourth-order valence-electron chi connectivity index (χ4n) is 12.1. The highest BCUT2D eigenvalue weighted by atomic mass is 32.2. The van der Waals surface area contributed by atoms with Gasteiger partial charge in [-0.3, -0.25) is 47.8 Å². The minimum Gasteiger partial charge on any atom is -0.462 e. The summed E-state index contributed by atoms with van der Waals surface area (Å²) in [6.45, 7) is 11.0. The molecule has 0 saturated carbocycles. The zero-order valence-corrected chi connectivity index (χ0v) is 72.9.